The van der Waals surface area contributed by atoms with E-state index in [1.165, 1.54) is 6.08 Å². The Bertz CT molecular complexity index is 976. The molecule has 1 heterocycles. The lowest BCUT2D eigenvalue weighted by molar-refractivity contribution is -0.139. The van der Waals surface area contributed by atoms with Crippen LogP contribution in [0.1, 0.15) is 17.0 Å². The number of oxazole rings is 1. The Balaban J connectivity index is 1.63. The van der Waals surface area contributed by atoms with Crippen LogP contribution in [0.15, 0.2) is 59.0 Å². The summed E-state index contributed by atoms with van der Waals surface area (Å²) < 4.78 is 21.4. The number of nitrogens with zero attached hydrogens (tertiary/aromatic N) is 1. The van der Waals surface area contributed by atoms with Gasteiger partial charge in [-0.3, -0.25) is 0 Å². The van der Waals surface area contributed by atoms with Crippen molar-refractivity contribution < 1.29 is 23.4 Å². The molecule has 0 saturated carbocycles. The van der Waals surface area contributed by atoms with Gasteiger partial charge in [0.05, 0.1) is 14.2 Å². The second-order valence-electron chi connectivity index (χ2n) is 5.94. The van der Waals surface area contributed by atoms with Gasteiger partial charge in [0.2, 0.25) is 5.89 Å². The van der Waals surface area contributed by atoms with Gasteiger partial charge in [-0.15, -0.1) is 0 Å². The Morgan fingerprint density at radius 2 is 1.89 bits per heavy atom. The van der Waals surface area contributed by atoms with Crippen molar-refractivity contribution in [2.45, 2.75) is 13.5 Å². The van der Waals surface area contributed by atoms with Crippen molar-refractivity contribution in [2.75, 3.05) is 14.2 Å². The molecule has 1 aromatic heterocycles. The summed E-state index contributed by atoms with van der Waals surface area (Å²) >= 11 is 0. The highest BCUT2D eigenvalue weighted by Gasteiger charge is 2.12. The molecule has 0 spiro atoms. The molecule has 0 atom stereocenters. The van der Waals surface area contributed by atoms with Crippen LogP contribution in [0.3, 0.4) is 0 Å². The number of carbonyl (C=O) groups is 1. The quantitative estimate of drug-likeness (QED) is 0.447. The highest BCUT2D eigenvalue weighted by atomic mass is 16.5. The van der Waals surface area contributed by atoms with Gasteiger partial charge in [0.1, 0.15) is 29.6 Å². The fourth-order valence-electron chi connectivity index (χ4n) is 2.57. The van der Waals surface area contributed by atoms with E-state index in [-0.39, 0.29) is 6.61 Å². The van der Waals surface area contributed by atoms with Crippen LogP contribution >= 0.6 is 0 Å². The maximum atomic E-state index is 12.1. The molecular formula is C22H21NO5. The van der Waals surface area contributed by atoms with Gasteiger partial charge < -0.3 is 18.6 Å². The van der Waals surface area contributed by atoms with Crippen LogP contribution in [0, 0.1) is 6.92 Å². The molecule has 0 amide bonds. The molecule has 0 bridgehead atoms. The van der Waals surface area contributed by atoms with E-state index >= 15 is 0 Å². The van der Waals surface area contributed by atoms with Gasteiger partial charge in [0, 0.05) is 23.3 Å². The third-order valence-corrected chi connectivity index (χ3v) is 4.10. The van der Waals surface area contributed by atoms with Crippen LogP contribution in [0.5, 0.6) is 11.5 Å². The number of esters is 1. The summed E-state index contributed by atoms with van der Waals surface area (Å²) in [5, 5.41) is 0. The third-order valence-electron chi connectivity index (χ3n) is 4.10. The zero-order valence-corrected chi connectivity index (χ0v) is 16.0. The summed E-state index contributed by atoms with van der Waals surface area (Å²) in [4.78, 5) is 16.5. The molecular weight excluding hydrogens is 358 g/mol. The topological polar surface area (TPSA) is 70.8 Å². The van der Waals surface area contributed by atoms with Crippen molar-refractivity contribution >= 4 is 12.0 Å². The highest BCUT2D eigenvalue weighted by molar-refractivity contribution is 5.87. The van der Waals surface area contributed by atoms with E-state index in [1.54, 1.807) is 45.4 Å². The lowest BCUT2D eigenvalue weighted by Crippen LogP contribution is -2.02. The Morgan fingerprint density at radius 1 is 1.11 bits per heavy atom. The molecule has 6 nitrogen and oxygen atoms in total. The minimum Gasteiger partial charge on any atom is -0.497 e. The third kappa shape index (κ3) is 4.59. The van der Waals surface area contributed by atoms with Gasteiger partial charge in [-0.05, 0) is 37.3 Å². The summed E-state index contributed by atoms with van der Waals surface area (Å²) in [6.07, 6.45) is 2.98. The van der Waals surface area contributed by atoms with E-state index in [1.807, 2.05) is 30.3 Å². The van der Waals surface area contributed by atoms with E-state index in [0.29, 0.717) is 28.8 Å². The molecule has 0 aliphatic carbocycles. The molecule has 0 radical (unpaired) electrons. The molecule has 0 aliphatic heterocycles. The average Bonchev–Trinajstić information content (AvgIpc) is 3.11. The SMILES string of the molecule is COc1ccc(/C=C/C(=O)OCc2nc(-c3ccccc3)oc2C)c(OC)c1. The second-order valence-corrected chi connectivity index (χ2v) is 5.94. The number of ether oxygens (including phenoxy) is 3. The van der Waals surface area contributed by atoms with Gasteiger partial charge >= 0.3 is 5.97 Å². The first-order valence-electron chi connectivity index (χ1n) is 8.69. The van der Waals surface area contributed by atoms with E-state index in [4.69, 9.17) is 18.6 Å². The molecule has 2 aromatic carbocycles. The van der Waals surface area contributed by atoms with Gasteiger partial charge in [-0.2, -0.15) is 0 Å². The van der Waals surface area contributed by atoms with Crippen molar-refractivity contribution in [1.29, 1.82) is 0 Å². The van der Waals surface area contributed by atoms with E-state index < -0.39 is 5.97 Å². The van der Waals surface area contributed by atoms with E-state index in [2.05, 4.69) is 4.98 Å². The predicted octanol–water partition coefficient (Wildman–Crippen LogP) is 4.42. The van der Waals surface area contributed by atoms with Crippen LogP contribution in [0.25, 0.3) is 17.5 Å². The molecule has 0 N–H and O–H groups in total. The second kappa shape index (κ2) is 8.90. The molecule has 6 heteroatoms. The molecule has 3 rings (SSSR count). The summed E-state index contributed by atoms with van der Waals surface area (Å²) in [5.41, 5.74) is 2.20. The van der Waals surface area contributed by atoms with E-state index in [9.17, 15) is 4.79 Å². The van der Waals surface area contributed by atoms with Crippen LogP contribution < -0.4 is 9.47 Å². The zero-order valence-electron chi connectivity index (χ0n) is 16.0. The lowest BCUT2D eigenvalue weighted by Gasteiger charge is -2.07. The number of benzene rings is 2. The fourth-order valence-corrected chi connectivity index (χ4v) is 2.57. The van der Waals surface area contributed by atoms with Crippen molar-refractivity contribution in [3.63, 3.8) is 0 Å². The number of carbonyl (C=O) groups excluding carboxylic acids is 1. The van der Waals surface area contributed by atoms with Crippen molar-refractivity contribution in [3.8, 4) is 23.0 Å². The van der Waals surface area contributed by atoms with Crippen LogP contribution in [0.2, 0.25) is 0 Å². The molecule has 0 saturated heterocycles. The first kappa shape index (κ1) is 19.2. The average molecular weight is 379 g/mol. The Kier molecular flexibility index (Phi) is 6.11. The number of hydrogen-bond acceptors (Lipinski definition) is 6. The summed E-state index contributed by atoms with van der Waals surface area (Å²) in [7, 11) is 3.14. The largest absolute Gasteiger partial charge is 0.497 e. The van der Waals surface area contributed by atoms with Gasteiger partial charge in [0.25, 0.3) is 0 Å². The molecule has 0 unspecified atom stereocenters. The number of aryl methyl sites for hydroxylation is 1. The number of methoxy groups -OCH3 is 2. The Labute approximate surface area is 163 Å². The molecule has 144 valence electrons. The van der Waals surface area contributed by atoms with Gasteiger partial charge in [-0.25, -0.2) is 9.78 Å². The van der Waals surface area contributed by atoms with Crippen LogP contribution in [0.4, 0.5) is 0 Å². The van der Waals surface area contributed by atoms with Gasteiger partial charge in [-0.1, -0.05) is 18.2 Å². The number of aromatic nitrogens is 1. The van der Waals surface area contributed by atoms with Crippen molar-refractivity contribution in [2.24, 2.45) is 0 Å². The fraction of sp³-hybridized carbons (Fsp3) is 0.182. The Morgan fingerprint density at radius 3 is 2.61 bits per heavy atom. The monoisotopic (exact) mass is 379 g/mol. The molecule has 0 fully saturated rings. The smallest absolute Gasteiger partial charge is 0.331 e. The minimum absolute atomic E-state index is 0.0328. The number of hydrogen-bond donors (Lipinski definition) is 0. The molecule has 3 aromatic rings. The normalized spacial score (nSPS) is 10.8. The standard InChI is InChI=1S/C22H21NO5/c1-15-19(23-22(28-15)17-7-5-4-6-8-17)14-27-21(24)12-10-16-9-11-18(25-2)13-20(16)26-3/h4-13H,14H2,1-3H3/b12-10+. The van der Waals surface area contributed by atoms with E-state index in [0.717, 1.165) is 11.1 Å². The van der Waals surface area contributed by atoms with Crippen LogP contribution in [-0.4, -0.2) is 25.2 Å². The first-order chi connectivity index (χ1) is 13.6. The summed E-state index contributed by atoms with van der Waals surface area (Å²) in [6.45, 7) is 1.83. The minimum atomic E-state index is -0.485. The maximum Gasteiger partial charge on any atom is 0.331 e. The van der Waals surface area contributed by atoms with Crippen LogP contribution in [-0.2, 0) is 16.1 Å². The zero-order chi connectivity index (χ0) is 19.9. The summed E-state index contributed by atoms with van der Waals surface area (Å²) in [6, 6.07) is 14.9. The Hall–Kier alpha value is -3.54. The highest BCUT2D eigenvalue weighted by Crippen LogP contribution is 2.26. The number of rotatable bonds is 7. The summed E-state index contributed by atoms with van der Waals surface area (Å²) in [5.74, 6) is 1.91. The van der Waals surface area contributed by atoms with Crippen molar-refractivity contribution in [3.05, 3.63) is 71.6 Å². The van der Waals surface area contributed by atoms with Crippen molar-refractivity contribution in [1.82, 2.24) is 4.98 Å². The lowest BCUT2D eigenvalue weighted by atomic mass is 10.2. The van der Waals surface area contributed by atoms with Gasteiger partial charge in [0.15, 0.2) is 0 Å². The first-order valence-corrected chi connectivity index (χ1v) is 8.69. The maximum absolute atomic E-state index is 12.1. The predicted molar refractivity (Wildman–Crippen MR) is 105 cm³/mol. The molecule has 28 heavy (non-hydrogen) atoms. The molecule has 0 aliphatic rings.